The average molecular weight is 280 g/mol. The highest BCUT2D eigenvalue weighted by molar-refractivity contribution is 6.93. The van der Waals surface area contributed by atoms with Crippen LogP contribution in [0.1, 0.15) is 21.5 Å². The van der Waals surface area contributed by atoms with Gasteiger partial charge in [0.25, 0.3) is 0 Å². The third-order valence-corrected chi connectivity index (χ3v) is 6.56. The highest BCUT2D eigenvalue weighted by Gasteiger charge is 2.19. The Morgan fingerprint density at radius 3 is 1.85 bits per heavy atom. The zero-order valence-electron chi connectivity index (χ0n) is 12.3. The summed E-state index contributed by atoms with van der Waals surface area (Å²) in [5.41, 5.74) is 4.70. The van der Waals surface area contributed by atoms with Gasteiger partial charge in [0.1, 0.15) is 8.07 Å². The van der Waals surface area contributed by atoms with Gasteiger partial charge in [0.15, 0.2) is 5.78 Å². The molecule has 2 rings (SSSR count). The van der Waals surface area contributed by atoms with Gasteiger partial charge >= 0.3 is 0 Å². The number of carbonyl (C=O) groups is 1. The zero-order chi connectivity index (χ0) is 14.8. The highest BCUT2D eigenvalue weighted by Crippen LogP contribution is 2.12. The van der Waals surface area contributed by atoms with Crippen molar-refractivity contribution in [2.75, 3.05) is 0 Å². The molecular weight excluding hydrogens is 260 g/mol. The van der Waals surface area contributed by atoms with Crippen LogP contribution in [-0.2, 0) is 0 Å². The van der Waals surface area contributed by atoms with Gasteiger partial charge in [-0.05, 0) is 6.92 Å². The third-order valence-electron chi connectivity index (χ3n) is 3.72. The largest absolute Gasteiger partial charge is 0.289 e. The van der Waals surface area contributed by atoms with Gasteiger partial charge in [-0.25, -0.2) is 0 Å². The van der Waals surface area contributed by atoms with Crippen molar-refractivity contribution in [1.82, 2.24) is 0 Å². The van der Waals surface area contributed by atoms with Gasteiger partial charge in [0.05, 0.1) is 0 Å². The molecule has 0 fully saturated rings. The molecule has 0 saturated carbocycles. The molecule has 2 heteroatoms. The van der Waals surface area contributed by atoms with Gasteiger partial charge in [-0.3, -0.25) is 4.79 Å². The summed E-state index contributed by atoms with van der Waals surface area (Å²) in [6, 6.07) is 15.7. The molecule has 0 atom stereocenters. The minimum Gasteiger partial charge on any atom is -0.289 e. The van der Waals surface area contributed by atoms with E-state index in [9.17, 15) is 4.79 Å². The molecule has 0 aliphatic rings. The number of hydrogen-bond donors (Lipinski definition) is 0. The highest BCUT2D eigenvalue weighted by atomic mass is 28.3. The van der Waals surface area contributed by atoms with Crippen LogP contribution in [-0.4, -0.2) is 13.9 Å². The van der Waals surface area contributed by atoms with Crippen LogP contribution >= 0.6 is 0 Å². The molecule has 0 aliphatic heterocycles. The van der Waals surface area contributed by atoms with E-state index in [0.717, 1.165) is 16.7 Å². The molecule has 0 aromatic heterocycles. The fourth-order valence-corrected chi connectivity index (χ4v) is 3.30. The van der Waals surface area contributed by atoms with Crippen LogP contribution in [0.2, 0.25) is 13.1 Å². The van der Waals surface area contributed by atoms with E-state index in [0.29, 0.717) is 0 Å². The molecule has 0 aliphatic carbocycles. The normalized spacial score (nSPS) is 11.2. The Morgan fingerprint density at radius 2 is 1.40 bits per heavy atom. The lowest BCUT2D eigenvalue weighted by molar-refractivity contribution is 0.103. The van der Waals surface area contributed by atoms with Gasteiger partial charge < -0.3 is 0 Å². The molecule has 1 nitrogen and oxygen atoms in total. The van der Waals surface area contributed by atoms with Crippen molar-refractivity contribution in [3.8, 4) is 0 Å². The minimum atomic E-state index is -1.55. The first kappa shape index (κ1) is 14.5. The van der Waals surface area contributed by atoms with E-state index < -0.39 is 8.07 Å². The van der Waals surface area contributed by atoms with Crippen molar-refractivity contribution >= 4 is 19.0 Å². The average Bonchev–Trinajstić information content (AvgIpc) is 2.47. The van der Waals surface area contributed by atoms with Crippen molar-refractivity contribution in [1.29, 1.82) is 0 Å². The van der Waals surface area contributed by atoms with E-state index in [1.165, 1.54) is 5.19 Å². The number of benzene rings is 2. The van der Waals surface area contributed by atoms with E-state index in [1.54, 1.807) is 0 Å². The summed E-state index contributed by atoms with van der Waals surface area (Å²) in [5.74, 6) is 0.0784. The summed E-state index contributed by atoms with van der Waals surface area (Å²) in [6.07, 6.45) is 0. The molecule has 102 valence electrons. The number of ketones is 1. The van der Waals surface area contributed by atoms with Gasteiger partial charge in [-0.1, -0.05) is 78.1 Å². The fourth-order valence-electron chi connectivity index (χ4n) is 2.04. The minimum absolute atomic E-state index is 0.0784. The summed E-state index contributed by atoms with van der Waals surface area (Å²) >= 11 is 0. The molecule has 0 saturated heterocycles. The molecule has 0 radical (unpaired) electrons. The van der Waals surface area contributed by atoms with Crippen molar-refractivity contribution in [2.45, 2.75) is 20.0 Å². The van der Waals surface area contributed by atoms with Crippen LogP contribution in [0.4, 0.5) is 0 Å². The Hall–Kier alpha value is -1.93. The summed E-state index contributed by atoms with van der Waals surface area (Å²) in [5, 5.41) is 1.30. The maximum atomic E-state index is 12.4. The van der Waals surface area contributed by atoms with Gasteiger partial charge in [-0.15, -0.1) is 6.58 Å². The number of aryl methyl sites for hydroxylation is 1. The van der Waals surface area contributed by atoms with Crippen molar-refractivity contribution in [3.63, 3.8) is 0 Å². The van der Waals surface area contributed by atoms with E-state index in [2.05, 4.69) is 37.5 Å². The predicted octanol–water partition coefficient (Wildman–Crippen LogP) is 3.87. The smallest absolute Gasteiger partial charge is 0.193 e. The first-order valence-electron chi connectivity index (χ1n) is 6.79. The molecule has 0 amide bonds. The van der Waals surface area contributed by atoms with Crippen molar-refractivity contribution in [2.24, 2.45) is 0 Å². The Bertz CT molecular complexity index is 621. The van der Waals surface area contributed by atoms with Crippen LogP contribution in [0.15, 0.2) is 60.8 Å². The lowest BCUT2D eigenvalue weighted by atomic mass is 10.0. The van der Waals surface area contributed by atoms with Gasteiger partial charge in [0.2, 0.25) is 0 Å². The molecule has 0 bridgehead atoms. The first-order valence-corrected chi connectivity index (χ1v) is 9.87. The quantitative estimate of drug-likeness (QED) is 0.614. The molecule has 20 heavy (non-hydrogen) atoms. The maximum absolute atomic E-state index is 12.4. The van der Waals surface area contributed by atoms with Crippen LogP contribution in [0.3, 0.4) is 0 Å². The SMILES string of the molecule is C=C[Si](C)(C)c1ccc(C(=O)c2ccc(C)cc2)cc1. The molecule has 0 N–H and O–H groups in total. The molecule has 0 unspecified atom stereocenters. The first-order chi connectivity index (χ1) is 9.44. The van der Waals surface area contributed by atoms with Crippen molar-refractivity contribution < 1.29 is 4.79 Å². The predicted molar refractivity (Wildman–Crippen MR) is 88.4 cm³/mol. The Kier molecular flexibility index (Phi) is 4.05. The van der Waals surface area contributed by atoms with E-state index in [4.69, 9.17) is 0 Å². The lowest BCUT2D eigenvalue weighted by Gasteiger charge is -2.17. The summed E-state index contributed by atoms with van der Waals surface area (Å²) < 4.78 is 0. The number of hydrogen-bond acceptors (Lipinski definition) is 1. The molecule has 0 heterocycles. The molecular formula is C18H20OSi. The summed E-state index contributed by atoms with van der Waals surface area (Å²) in [6.45, 7) is 10.4. The van der Waals surface area contributed by atoms with E-state index >= 15 is 0 Å². The summed E-state index contributed by atoms with van der Waals surface area (Å²) in [4.78, 5) is 12.4. The van der Waals surface area contributed by atoms with Crippen LogP contribution in [0.5, 0.6) is 0 Å². The topological polar surface area (TPSA) is 17.1 Å². The standard InChI is InChI=1S/C18H20OSi/c1-5-20(3,4)17-12-10-16(11-13-17)18(19)15-8-6-14(2)7-9-15/h5-13H,1H2,2-4H3. The van der Waals surface area contributed by atoms with Crippen molar-refractivity contribution in [3.05, 3.63) is 77.5 Å². The Balaban J connectivity index is 2.28. The second kappa shape index (κ2) is 5.59. The van der Waals surface area contributed by atoms with Gasteiger partial charge in [0, 0.05) is 11.1 Å². The molecule has 0 spiro atoms. The fraction of sp³-hybridized carbons (Fsp3) is 0.167. The van der Waals surface area contributed by atoms with Crippen LogP contribution in [0.25, 0.3) is 0 Å². The molecule has 2 aromatic rings. The molecule has 2 aromatic carbocycles. The second-order valence-electron chi connectivity index (χ2n) is 5.70. The van der Waals surface area contributed by atoms with E-state index in [-0.39, 0.29) is 5.78 Å². The van der Waals surface area contributed by atoms with Crippen LogP contribution < -0.4 is 5.19 Å². The Labute approximate surface area is 122 Å². The lowest BCUT2D eigenvalue weighted by Crippen LogP contribution is -2.39. The zero-order valence-corrected chi connectivity index (χ0v) is 13.3. The van der Waals surface area contributed by atoms with E-state index in [1.807, 2.05) is 43.3 Å². The van der Waals surface area contributed by atoms with Gasteiger partial charge in [-0.2, -0.15) is 0 Å². The monoisotopic (exact) mass is 280 g/mol. The second-order valence-corrected chi connectivity index (χ2v) is 10.1. The number of carbonyl (C=O) groups excluding carboxylic acids is 1. The summed E-state index contributed by atoms with van der Waals surface area (Å²) in [7, 11) is -1.55. The maximum Gasteiger partial charge on any atom is 0.193 e. The Morgan fingerprint density at radius 1 is 0.950 bits per heavy atom. The van der Waals surface area contributed by atoms with Crippen LogP contribution in [0, 0.1) is 6.92 Å². The third kappa shape index (κ3) is 2.97. The number of rotatable bonds is 4.